The highest BCUT2D eigenvalue weighted by Gasteiger charge is 2.48. The van der Waals surface area contributed by atoms with Crippen molar-refractivity contribution in [2.45, 2.75) is 25.0 Å². The fourth-order valence-electron chi connectivity index (χ4n) is 3.18. The maximum atomic E-state index is 12.0. The van der Waals surface area contributed by atoms with Gasteiger partial charge < -0.3 is 4.74 Å². The summed E-state index contributed by atoms with van der Waals surface area (Å²) < 4.78 is 4.87. The summed E-state index contributed by atoms with van der Waals surface area (Å²) in [6.07, 6.45) is 4.01. The summed E-state index contributed by atoms with van der Waals surface area (Å²) in [4.78, 5) is 26.0. The lowest BCUT2D eigenvalue weighted by atomic mass is 10.0. The van der Waals surface area contributed by atoms with Crippen LogP contribution in [-0.2, 0) is 20.9 Å². The summed E-state index contributed by atoms with van der Waals surface area (Å²) in [7, 11) is 1.40. The maximum absolute atomic E-state index is 12.0. The third kappa shape index (κ3) is 2.16. The third-order valence-corrected chi connectivity index (χ3v) is 4.17. The number of fused-ring (bicyclic) bond motifs is 2. The first kappa shape index (κ1) is 13.1. The molecule has 2 bridgehead atoms. The Bertz CT molecular complexity index is 552. The molecule has 3 atom stereocenters. The Morgan fingerprint density at radius 2 is 2.10 bits per heavy atom. The summed E-state index contributed by atoms with van der Waals surface area (Å²) >= 11 is 0. The number of esters is 1. The average Bonchev–Trinajstić information content (AvgIpc) is 2.73. The van der Waals surface area contributed by atoms with Crippen LogP contribution in [0.4, 0.5) is 0 Å². The SMILES string of the molecule is COC(=O)C1CC2C(=O)C=CC1N2Cc1ccccc1. The molecule has 0 aromatic heterocycles. The van der Waals surface area contributed by atoms with Gasteiger partial charge in [-0.25, -0.2) is 0 Å². The average molecular weight is 271 g/mol. The number of hydrogen-bond acceptors (Lipinski definition) is 4. The predicted molar refractivity (Wildman–Crippen MR) is 73.8 cm³/mol. The van der Waals surface area contributed by atoms with Gasteiger partial charge in [0.2, 0.25) is 0 Å². The number of rotatable bonds is 3. The lowest BCUT2D eigenvalue weighted by molar-refractivity contribution is -0.145. The highest BCUT2D eigenvalue weighted by Crippen LogP contribution is 2.36. The minimum Gasteiger partial charge on any atom is -0.469 e. The van der Waals surface area contributed by atoms with Gasteiger partial charge >= 0.3 is 5.97 Å². The van der Waals surface area contributed by atoms with Crippen molar-refractivity contribution in [3.8, 4) is 0 Å². The van der Waals surface area contributed by atoms with E-state index in [1.54, 1.807) is 6.08 Å². The molecule has 0 aliphatic carbocycles. The van der Waals surface area contributed by atoms with E-state index in [0.29, 0.717) is 13.0 Å². The molecule has 20 heavy (non-hydrogen) atoms. The smallest absolute Gasteiger partial charge is 0.310 e. The van der Waals surface area contributed by atoms with Crippen LogP contribution in [0.25, 0.3) is 0 Å². The molecular formula is C16H17NO3. The first-order chi connectivity index (χ1) is 9.70. The van der Waals surface area contributed by atoms with Crippen LogP contribution in [0.5, 0.6) is 0 Å². The van der Waals surface area contributed by atoms with Crippen molar-refractivity contribution in [2.24, 2.45) is 5.92 Å². The summed E-state index contributed by atoms with van der Waals surface area (Å²) in [5.41, 5.74) is 1.15. The highest BCUT2D eigenvalue weighted by atomic mass is 16.5. The third-order valence-electron chi connectivity index (χ3n) is 4.17. The van der Waals surface area contributed by atoms with E-state index in [0.717, 1.165) is 5.56 Å². The minimum absolute atomic E-state index is 0.0367. The Hall–Kier alpha value is -1.94. The van der Waals surface area contributed by atoms with Crippen LogP contribution in [0.3, 0.4) is 0 Å². The molecule has 3 rings (SSSR count). The molecule has 1 aromatic rings. The molecule has 4 nitrogen and oxygen atoms in total. The molecule has 104 valence electrons. The number of carbonyl (C=O) groups excluding carboxylic acids is 2. The monoisotopic (exact) mass is 271 g/mol. The van der Waals surface area contributed by atoms with Gasteiger partial charge in [-0.3, -0.25) is 14.5 Å². The van der Waals surface area contributed by atoms with Crippen molar-refractivity contribution in [1.82, 2.24) is 4.90 Å². The number of nitrogens with zero attached hydrogens (tertiary/aromatic N) is 1. The van der Waals surface area contributed by atoms with E-state index in [-0.39, 0.29) is 29.8 Å². The molecule has 2 aliphatic rings. The largest absolute Gasteiger partial charge is 0.469 e. The van der Waals surface area contributed by atoms with Gasteiger partial charge in [0, 0.05) is 12.6 Å². The van der Waals surface area contributed by atoms with Gasteiger partial charge in [-0.2, -0.15) is 0 Å². The molecule has 0 amide bonds. The van der Waals surface area contributed by atoms with Crippen molar-refractivity contribution in [2.75, 3.05) is 7.11 Å². The molecule has 2 heterocycles. The van der Waals surface area contributed by atoms with Crippen LogP contribution in [0, 0.1) is 5.92 Å². The molecule has 0 N–H and O–H groups in total. The highest BCUT2D eigenvalue weighted by molar-refractivity contribution is 5.97. The molecule has 3 unspecified atom stereocenters. The summed E-state index contributed by atoms with van der Waals surface area (Å²) in [6, 6.07) is 9.77. The molecule has 1 fully saturated rings. The zero-order chi connectivity index (χ0) is 14.1. The predicted octanol–water partition coefficient (Wildman–Crippen LogP) is 1.56. The molecule has 2 aliphatic heterocycles. The van der Waals surface area contributed by atoms with E-state index in [1.165, 1.54) is 7.11 Å². The molecule has 0 radical (unpaired) electrons. The summed E-state index contributed by atoms with van der Waals surface area (Å²) in [5.74, 6) is -0.380. The summed E-state index contributed by atoms with van der Waals surface area (Å²) in [5, 5.41) is 0. The zero-order valence-electron chi connectivity index (χ0n) is 11.4. The summed E-state index contributed by atoms with van der Waals surface area (Å²) in [6.45, 7) is 0.680. The Labute approximate surface area is 118 Å². The van der Waals surface area contributed by atoms with Crippen molar-refractivity contribution in [3.05, 3.63) is 48.0 Å². The number of ketones is 1. The van der Waals surface area contributed by atoms with E-state index in [4.69, 9.17) is 4.74 Å². The number of ether oxygens (including phenoxy) is 1. The lowest BCUT2D eigenvalue weighted by Gasteiger charge is -2.31. The normalized spacial score (nSPS) is 28.6. The quantitative estimate of drug-likeness (QED) is 0.783. The topological polar surface area (TPSA) is 46.6 Å². The van der Waals surface area contributed by atoms with Gasteiger partial charge in [0.25, 0.3) is 0 Å². The van der Waals surface area contributed by atoms with Gasteiger partial charge in [0.15, 0.2) is 5.78 Å². The van der Waals surface area contributed by atoms with Gasteiger partial charge in [0.05, 0.1) is 19.1 Å². The van der Waals surface area contributed by atoms with Crippen LogP contribution < -0.4 is 0 Å². The molecule has 1 saturated heterocycles. The van der Waals surface area contributed by atoms with Crippen LogP contribution in [0.2, 0.25) is 0 Å². The number of methoxy groups -OCH3 is 1. The van der Waals surface area contributed by atoms with Gasteiger partial charge in [-0.15, -0.1) is 0 Å². The molecular weight excluding hydrogens is 254 g/mol. The molecule has 0 saturated carbocycles. The standard InChI is InChI=1S/C16H17NO3/c1-20-16(19)12-9-14-15(18)8-7-13(12)17(14)10-11-5-3-2-4-6-11/h2-8,12-14H,9-10H2,1H3. The van der Waals surface area contributed by atoms with E-state index >= 15 is 0 Å². The fraction of sp³-hybridized carbons (Fsp3) is 0.375. The van der Waals surface area contributed by atoms with E-state index in [9.17, 15) is 9.59 Å². The second-order valence-corrected chi connectivity index (χ2v) is 5.29. The molecule has 4 heteroatoms. The Morgan fingerprint density at radius 1 is 1.35 bits per heavy atom. The lowest BCUT2D eigenvalue weighted by Crippen LogP contribution is -2.43. The van der Waals surface area contributed by atoms with Crippen LogP contribution >= 0.6 is 0 Å². The number of carbonyl (C=O) groups is 2. The Morgan fingerprint density at radius 3 is 2.80 bits per heavy atom. The first-order valence-electron chi connectivity index (χ1n) is 6.80. The second kappa shape index (κ2) is 5.21. The van der Waals surface area contributed by atoms with E-state index in [2.05, 4.69) is 4.90 Å². The number of benzene rings is 1. The van der Waals surface area contributed by atoms with Crippen molar-refractivity contribution in [1.29, 1.82) is 0 Å². The number of hydrogen-bond donors (Lipinski definition) is 0. The van der Waals surface area contributed by atoms with Gasteiger partial charge in [-0.05, 0) is 18.1 Å². The van der Waals surface area contributed by atoms with Gasteiger partial charge in [-0.1, -0.05) is 36.4 Å². The molecule has 1 aromatic carbocycles. The maximum Gasteiger partial charge on any atom is 0.310 e. The van der Waals surface area contributed by atoms with Crippen molar-refractivity contribution >= 4 is 11.8 Å². The Kier molecular flexibility index (Phi) is 3.40. The minimum atomic E-state index is -0.239. The van der Waals surface area contributed by atoms with E-state index in [1.807, 2.05) is 36.4 Å². The first-order valence-corrected chi connectivity index (χ1v) is 6.80. The van der Waals surface area contributed by atoms with Crippen LogP contribution in [0.15, 0.2) is 42.5 Å². The van der Waals surface area contributed by atoms with Gasteiger partial charge in [0.1, 0.15) is 0 Å². The molecule has 0 spiro atoms. The Balaban J connectivity index is 1.86. The zero-order valence-corrected chi connectivity index (χ0v) is 11.4. The van der Waals surface area contributed by atoms with Crippen LogP contribution in [-0.4, -0.2) is 35.8 Å². The second-order valence-electron chi connectivity index (χ2n) is 5.29. The van der Waals surface area contributed by atoms with E-state index < -0.39 is 0 Å². The van der Waals surface area contributed by atoms with Crippen molar-refractivity contribution < 1.29 is 14.3 Å². The van der Waals surface area contributed by atoms with Crippen molar-refractivity contribution in [3.63, 3.8) is 0 Å². The fourth-order valence-corrected chi connectivity index (χ4v) is 3.18. The van der Waals surface area contributed by atoms with Crippen LogP contribution in [0.1, 0.15) is 12.0 Å².